The summed E-state index contributed by atoms with van der Waals surface area (Å²) in [4.78, 5) is 53.8. The van der Waals surface area contributed by atoms with Gasteiger partial charge in [-0.2, -0.15) is 0 Å². The first-order valence-electron chi connectivity index (χ1n) is 11.2. The van der Waals surface area contributed by atoms with E-state index in [0.717, 1.165) is 27.2 Å². The third-order valence-corrected chi connectivity index (χ3v) is 7.79. The molecule has 8 heteroatoms. The number of nitro groups is 1. The van der Waals surface area contributed by atoms with Crippen LogP contribution in [0.25, 0.3) is 0 Å². The Bertz CT molecular complexity index is 1430. The van der Waals surface area contributed by atoms with Crippen LogP contribution in [0, 0.1) is 22.0 Å². The Labute approximate surface area is 200 Å². The van der Waals surface area contributed by atoms with Crippen molar-refractivity contribution < 1.29 is 24.0 Å². The highest BCUT2D eigenvalue weighted by Crippen LogP contribution is 2.64. The molecule has 2 amide bonds. The maximum atomic E-state index is 14.1. The fourth-order valence-corrected chi connectivity index (χ4v) is 6.57. The van der Waals surface area contributed by atoms with Crippen LogP contribution in [-0.4, -0.2) is 29.6 Å². The lowest BCUT2D eigenvalue weighted by molar-refractivity contribution is -0.384. The van der Waals surface area contributed by atoms with Gasteiger partial charge in [0.05, 0.1) is 35.4 Å². The fourth-order valence-electron chi connectivity index (χ4n) is 6.57. The minimum atomic E-state index is -1.35. The summed E-state index contributed by atoms with van der Waals surface area (Å²) >= 11 is 0. The van der Waals surface area contributed by atoms with Crippen LogP contribution in [0.4, 0.5) is 11.4 Å². The Morgan fingerprint density at radius 1 is 0.971 bits per heavy atom. The van der Waals surface area contributed by atoms with Gasteiger partial charge in [-0.15, -0.1) is 0 Å². The number of rotatable bonds is 4. The molecule has 0 saturated carbocycles. The molecule has 3 aromatic carbocycles. The molecule has 174 valence electrons. The van der Waals surface area contributed by atoms with Crippen LogP contribution < -0.4 is 9.64 Å². The lowest BCUT2D eigenvalue weighted by atomic mass is 9.46. The van der Waals surface area contributed by atoms with Crippen LogP contribution in [0.5, 0.6) is 5.75 Å². The predicted molar refractivity (Wildman–Crippen MR) is 125 cm³/mol. The summed E-state index contributed by atoms with van der Waals surface area (Å²) in [5.41, 5.74) is 1.25. The van der Waals surface area contributed by atoms with Gasteiger partial charge in [0.15, 0.2) is 0 Å². The molecule has 4 aliphatic rings. The number of amides is 2. The number of Topliss-reactive ketones (excluding diaryl/α,β-unsaturated/α-hetero) is 1. The molecule has 0 spiro atoms. The second-order valence-corrected chi connectivity index (χ2v) is 9.14. The highest BCUT2D eigenvalue weighted by molar-refractivity contribution is 6.26. The zero-order valence-corrected chi connectivity index (χ0v) is 18.9. The van der Waals surface area contributed by atoms with Crippen molar-refractivity contribution in [2.24, 2.45) is 11.8 Å². The molecule has 35 heavy (non-hydrogen) atoms. The second kappa shape index (κ2) is 7.09. The Balaban J connectivity index is 1.64. The molecular weight excluding hydrogens is 448 g/mol. The quantitative estimate of drug-likeness (QED) is 0.328. The van der Waals surface area contributed by atoms with Gasteiger partial charge in [0, 0.05) is 5.92 Å². The van der Waals surface area contributed by atoms with Crippen molar-refractivity contribution in [2.45, 2.75) is 18.3 Å². The van der Waals surface area contributed by atoms with Crippen molar-refractivity contribution in [3.63, 3.8) is 0 Å². The number of hydrogen-bond acceptors (Lipinski definition) is 6. The lowest BCUT2D eigenvalue weighted by Gasteiger charge is -2.52. The zero-order valence-electron chi connectivity index (χ0n) is 18.9. The Morgan fingerprint density at radius 2 is 1.57 bits per heavy atom. The maximum absolute atomic E-state index is 14.1. The van der Waals surface area contributed by atoms with Gasteiger partial charge >= 0.3 is 0 Å². The highest BCUT2D eigenvalue weighted by atomic mass is 16.6. The Hall–Kier alpha value is -4.33. The topological polar surface area (TPSA) is 107 Å². The van der Waals surface area contributed by atoms with Crippen molar-refractivity contribution in [3.8, 4) is 5.75 Å². The smallest absolute Gasteiger partial charge is 0.297 e. The van der Waals surface area contributed by atoms with Crippen LogP contribution in [-0.2, 0) is 19.8 Å². The largest absolute Gasteiger partial charge is 0.496 e. The zero-order chi connectivity index (χ0) is 24.6. The number of carbonyl (C=O) groups is 3. The van der Waals surface area contributed by atoms with E-state index < -0.39 is 45.6 Å². The van der Waals surface area contributed by atoms with Gasteiger partial charge in [-0.05, 0) is 41.3 Å². The van der Waals surface area contributed by atoms with E-state index in [2.05, 4.69) is 0 Å². The van der Waals surface area contributed by atoms with Gasteiger partial charge in [0.25, 0.3) is 5.69 Å². The number of nitro benzene ring substituents is 1. The average molecular weight is 468 g/mol. The average Bonchev–Trinajstić information content (AvgIpc) is 3.14. The molecule has 0 N–H and O–H groups in total. The minimum Gasteiger partial charge on any atom is -0.496 e. The summed E-state index contributed by atoms with van der Waals surface area (Å²) in [6, 6.07) is 18.9. The predicted octanol–water partition coefficient (Wildman–Crippen LogP) is 3.74. The Kier molecular flexibility index (Phi) is 4.30. The van der Waals surface area contributed by atoms with E-state index in [0.29, 0.717) is 0 Å². The third kappa shape index (κ3) is 2.43. The molecule has 1 heterocycles. The van der Waals surface area contributed by atoms with Crippen molar-refractivity contribution in [1.82, 2.24) is 0 Å². The normalized spacial score (nSPS) is 25.7. The molecule has 0 unspecified atom stereocenters. The monoisotopic (exact) mass is 468 g/mol. The summed E-state index contributed by atoms with van der Waals surface area (Å²) in [5.74, 6) is -3.42. The molecule has 0 radical (unpaired) electrons. The number of carbonyl (C=O) groups excluding carboxylic acids is 3. The van der Waals surface area contributed by atoms with E-state index in [1.165, 1.54) is 32.2 Å². The molecule has 8 nitrogen and oxygen atoms in total. The van der Waals surface area contributed by atoms with E-state index in [9.17, 15) is 24.5 Å². The van der Waals surface area contributed by atoms with E-state index in [1.54, 1.807) is 0 Å². The van der Waals surface area contributed by atoms with Crippen LogP contribution in [0.15, 0.2) is 66.7 Å². The molecule has 7 rings (SSSR count). The standard InChI is InChI=1S/C27H20N2O6/c1-14(30)27-18-9-5-3-7-16(18)22(17-8-4-6-10-19(17)27)23-24(27)26(32)28(25(23)31)20-12-11-15(35-2)13-21(20)29(33)34/h3-13,22-24H,1-2H3/t22?,23-,24-,27?/m0/s1. The Morgan fingerprint density at radius 3 is 2.11 bits per heavy atom. The van der Waals surface area contributed by atoms with Crippen molar-refractivity contribution in [2.75, 3.05) is 12.0 Å². The summed E-state index contributed by atoms with van der Waals surface area (Å²) in [7, 11) is 1.38. The van der Waals surface area contributed by atoms with E-state index >= 15 is 0 Å². The first kappa shape index (κ1) is 21.2. The van der Waals surface area contributed by atoms with Crippen molar-refractivity contribution in [3.05, 3.63) is 99.1 Å². The van der Waals surface area contributed by atoms with Crippen molar-refractivity contribution >= 4 is 29.0 Å². The number of imide groups is 1. The molecule has 2 atom stereocenters. The fraction of sp³-hybridized carbons (Fsp3) is 0.222. The molecule has 1 saturated heterocycles. The molecule has 3 aliphatic carbocycles. The molecule has 2 bridgehead atoms. The van der Waals surface area contributed by atoms with E-state index in [-0.39, 0.29) is 17.2 Å². The minimum absolute atomic E-state index is 0.119. The second-order valence-electron chi connectivity index (χ2n) is 9.14. The van der Waals surface area contributed by atoms with Crippen LogP contribution in [0.3, 0.4) is 0 Å². The number of nitrogens with zero attached hydrogens (tertiary/aromatic N) is 2. The number of anilines is 1. The van der Waals surface area contributed by atoms with Gasteiger partial charge < -0.3 is 4.74 Å². The van der Waals surface area contributed by atoms with E-state index in [1.807, 2.05) is 48.5 Å². The SMILES string of the molecule is COc1ccc(N2C(=O)[C@@H]3[C@@H](C2=O)C2c4ccccc4C3(C(C)=O)c3ccccc32)c([N+](=O)[O-])c1. The number of methoxy groups -OCH3 is 1. The lowest BCUT2D eigenvalue weighted by Crippen LogP contribution is -2.57. The summed E-state index contributed by atoms with van der Waals surface area (Å²) in [5, 5.41) is 11.9. The van der Waals surface area contributed by atoms with Gasteiger partial charge in [-0.3, -0.25) is 24.5 Å². The number of benzene rings is 3. The van der Waals surface area contributed by atoms with Crippen LogP contribution in [0.2, 0.25) is 0 Å². The maximum Gasteiger partial charge on any atom is 0.297 e. The first-order chi connectivity index (χ1) is 16.8. The van der Waals surface area contributed by atoms with Crippen LogP contribution in [0.1, 0.15) is 35.1 Å². The van der Waals surface area contributed by atoms with E-state index in [4.69, 9.17) is 4.74 Å². The van der Waals surface area contributed by atoms with Gasteiger partial charge in [0.2, 0.25) is 11.8 Å². The van der Waals surface area contributed by atoms with Gasteiger partial charge in [-0.1, -0.05) is 48.5 Å². The summed E-state index contributed by atoms with van der Waals surface area (Å²) in [6.07, 6.45) is 0. The molecule has 3 aromatic rings. The highest BCUT2D eigenvalue weighted by Gasteiger charge is 2.70. The van der Waals surface area contributed by atoms with Crippen molar-refractivity contribution in [1.29, 1.82) is 0 Å². The van der Waals surface area contributed by atoms with Gasteiger partial charge in [0.1, 0.15) is 17.2 Å². The molecular formula is C27H20N2O6. The molecule has 0 aromatic heterocycles. The first-order valence-corrected chi connectivity index (χ1v) is 11.2. The number of ketones is 1. The van der Waals surface area contributed by atoms with Gasteiger partial charge in [-0.25, -0.2) is 4.90 Å². The number of ether oxygens (including phenoxy) is 1. The summed E-state index contributed by atoms with van der Waals surface area (Å²) in [6.45, 7) is 1.45. The molecule has 1 aliphatic heterocycles. The third-order valence-electron chi connectivity index (χ3n) is 7.79. The van der Waals surface area contributed by atoms with Crippen LogP contribution >= 0.6 is 0 Å². The molecule has 1 fully saturated rings. The number of hydrogen-bond donors (Lipinski definition) is 0. The summed E-state index contributed by atoms with van der Waals surface area (Å²) < 4.78 is 5.11.